The third kappa shape index (κ3) is 3.24. The highest BCUT2D eigenvalue weighted by Gasteiger charge is 2.17. The molecule has 0 atom stereocenters. The molecular weight excluding hydrogens is 224 g/mol. The Hall–Kier alpha value is -1.06. The van der Waals surface area contributed by atoms with E-state index in [0.29, 0.717) is 6.54 Å². The molecule has 0 amide bonds. The molecule has 3 heteroatoms. The second-order valence-corrected chi connectivity index (χ2v) is 5.27. The van der Waals surface area contributed by atoms with Gasteiger partial charge in [0.05, 0.1) is 0 Å². The summed E-state index contributed by atoms with van der Waals surface area (Å²) in [5.41, 5.74) is 9.63. The molecule has 0 saturated carbocycles. The van der Waals surface area contributed by atoms with Crippen LogP contribution in [0.4, 0.5) is 5.69 Å². The van der Waals surface area contributed by atoms with Gasteiger partial charge in [0.15, 0.2) is 0 Å². The van der Waals surface area contributed by atoms with Crippen molar-refractivity contribution >= 4 is 5.69 Å². The molecule has 0 spiro atoms. The minimum absolute atomic E-state index is 0.605. The van der Waals surface area contributed by atoms with E-state index >= 15 is 0 Å². The Morgan fingerprint density at radius 2 is 2.06 bits per heavy atom. The van der Waals surface area contributed by atoms with Gasteiger partial charge >= 0.3 is 0 Å². The van der Waals surface area contributed by atoms with Gasteiger partial charge in [0.1, 0.15) is 0 Å². The van der Waals surface area contributed by atoms with E-state index in [1.807, 2.05) is 0 Å². The van der Waals surface area contributed by atoms with Crippen molar-refractivity contribution in [3.63, 3.8) is 0 Å². The fourth-order valence-corrected chi connectivity index (χ4v) is 2.62. The average Bonchev–Trinajstić information content (AvgIpc) is 2.40. The summed E-state index contributed by atoms with van der Waals surface area (Å²) in [6.45, 7) is 5.66. The Morgan fingerprint density at radius 1 is 1.33 bits per heavy atom. The van der Waals surface area contributed by atoms with Gasteiger partial charge in [0, 0.05) is 39.0 Å². The normalized spacial score (nSPS) is 16.8. The zero-order valence-electron chi connectivity index (χ0n) is 11.5. The van der Waals surface area contributed by atoms with Crippen LogP contribution in [0.1, 0.15) is 24.0 Å². The Balaban J connectivity index is 2.07. The Morgan fingerprint density at radius 3 is 2.72 bits per heavy atom. The average molecular weight is 248 g/mol. The van der Waals surface area contributed by atoms with Crippen molar-refractivity contribution < 1.29 is 4.74 Å². The Kier molecular flexibility index (Phi) is 4.61. The summed E-state index contributed by atoms with van der Waals surface area (Å²) in [6, 6.07) is 6.51. The third-order valence-corrected chi connectivity index (χ3v) is 3.74. The number of benzene rings is 1. The smallest absolute Gasteiger partial charge is 0.0469 e. The van der Waals surface area contributed by atoms with Crippen molar-refractivity contribution in [2.45, 2.75) is 26.3 Å². The molecule has 1 fully saturated rings. The van der Waals surface area contributed by atoms with Crippen LogP contribution >= 0.6 is 0 Å². The molecule has 1 aromatic carbocycles. The highest BCUT2D eigenvalue weighted by molar-refractivity contribution is 5.55. The maximum Gasteiger partial charge on any atom is 0.0469 e. The number of hydrogen-bond acceptors (Lipinski definition) is 3. The van der Waals surface area contributed by atoms with Gasteiger partial charge in [-0.3, -0.25) is 0 Å². The van der Waals surface area contributed by atoms with E-state index in [1.54, 1.807) is 0 Å². The molecule has 0 aromatic heterocycles. The fraction of sp³-hybridized carbons (Fsp3) is 0.600. The van der Waals surface area contributed by atoms with Crippen molar-refractivity contribution in [3.8, 4) is 0 Å². The molecule has 2 N–H and O–H groups in total. The van der Waals surface area contributed by atoms with Gasteiger partial charge in [-0.2, -0.15) is 0 Å². The van der Waals surface area contributed by atoms with Crippen molar-refractivity contribution in [1.82, 2.24) is 0 Å². The number of rotatable bonds is 4. The molecule has 0 aliphatic carbocycles. The first-order valence-corrected chi connectivity index (χ1v) is 6.79. The molecule has 100 valence electrons. The molecule has 2 rings (SSSR count). The van der Waals surface area contributed by atoms with E-state index in [2.05, 4.69) is 37.1 Å². The van der Waals surface area contributed by atoms with Crippen LogP contribution in [-0.2, 0) is 11.3 Å². The Bertz CT molecular complexity index is 386. The van der Waals surface area contributed by atoms with Crippen LogP contribution in [0.3, 0.4) is 0 Å². The lowest BCUT2D eigenvalue weighted by Crippen LogP contribution is -2.30. The monoisotopic (exact) mass is 248 g/mol. The van der Waals surface area contributed by atoms with Gasteiger partial charge in [-0.1, -0.05) is 12.1 Å². The number of ether oxygens (including phenoxy) is 1. The van der Waals surface area contributed by atoms with Gasteiger partial charge in [-0.25, -0.2) is 0 Å². The SMILES string of the molecule is Cc1ccc(CN)c(N(C)CC2CCOCC2)c1. The summed E-state index contributed by atoms with van der Waals surface area (Å²) in [5, 5.41) is 0. The van der Waals surface area contributed by atoms with Crippen LogP contribution in [0.5, 0.6) is 0 Å². The molecule has 0 unspecified atom stereocenters. The summed E-state index contributed by atoms with van der Waals surface area (Å²) in [5.74, 6) is 0.745. The number of aryl methyl sites for hydroxylation is 1. The second-order valence-electron chi connectivity index (χ2n) is 5.27. The van der Waals surface area contributed by atoms with E-state index in [1.165, 1.54) is 29.7 Å². The van der Waals surface area contributed by atoms with Crippen LogP contribution in [0.15, 0.2) is 18.2 Å². The van der Waals surface area contributed by atoms with E-state index in [4.69, 9.17) is 10.5 Å². The number of nitrogens with two attached hydrogens (primary N) is 1. The Labute approximate surface area is 110 Å². The summed E-state index contributed by atoms with van der Waals surface area (Å²) in [6.07, 6.45) is 2.35. The van der Waals surface area contributed by atoms with E-state index in [-0.39, 0.29) is 0 Å². The largest absolute Gasteiger partial charge is 0.381 e. The molecule has 0 bridgehead atoms. The van der Waals surface area contributed by atoms with Crippen molar-refractivity contribution in [2.24, 2.45) is 11.7 Å². The first-order chi connectivity index (χ1) is 8.70. The van der Waals surface area contributed by atoms with Gasteiger partial charge in [0.25, 0.3) is 0 Å². The van der Waals surface area contributed by atoms with Crippen LogP contribution in [0.25, 0.3) is 0 Å². The van der Waals surface area contributed by atoms with Crippen molar-refractivity contribution in [2.75, 3.05) is 31.7 Å². The van der Waals surface area contributed by atoms with Gasteiger partial charge in [0.2, 0.25) is 0 Å². The van der Waals surface area contributed by atoms with Crippen LogP contribution in [-0.4, -0.2) is 26.8 Å². The lowest BCUT2D eigenvalue weighted by atomic mass is 9.99. The lowest BCUT2D eigenvalue weighted by Gasteiger charge is -2.29. The topological polar surface area (TPSA) is 38.5 Å². The highest BCUT2D eigenvalue weighted by atomic mass is 16.5. The minimum atomic E-state index is 0.605. The minimum Gasteiger partial charge on any atom is -0.381 e. The molecule has 1 aromatic rings. The maximum atomic E-state index is 5.82. The van der Waals surface area contributed by atoms with Crippen LogP contribution in [0, 0.1) is 12.8 Å². The maximum absolute atomic E-state index is 5.82. The third-order valence-electron chi connectivity index (χ3n) is 3.74. The predicted molar refractivity (Wildman–Crippen MR) is 75.9 cm³/mol. The van der Waals surface area contributed by atoms with Crippen LogP contribution < -0.4 is 10.6 Å². The lowest BCUT2D eigenvalue weighted by molar-refractivity contribution is 0.0685. The summed E-state index contributed by atoms with van der Waals surface area (Å²) < 4.78 is 5.41. The molecule has 1 aliphatic rings. The number of nitrogens with zero attached hydrogens (tertiary/aromatic N) is 1. The standard InChI is InChI=1S/C15H24N2O/c1-12-3-4-14(10-16)15(9-12)17(2)11-13-5-7-18-8-6-13/h3-4,9,13H,5-8,10-11,16H2,1-2H3. The molecule has 1 saturated heterocycles. The van der Waals surface area contributed by atoms with Crippen molar-refractivity contribution in [3.05, 3.63) is 29.3 Å². The van der Waals surface area contributed by atoms with E-state index < -0.39 is 0 Å². The zero-order chi connectivity index (χ0) is 13.0. The zero-order valence-corrected chi connectivity index (χ0v) is 11.5. The molecular formula is C15H24N2O. The van der Waals surface area contributed by atoms with Crippen LogP contribution in [0.2, 0.25) is 0 Å². The highest BCUT2D eigenvalue weighted by Crippen LogP contribution is 2.24. The summed E-state index contributed by atoms with van der Waals surface area (Å²) in [7, 11) is 2.17. The number of hydrogen-bond donors (Lipinski definition) is 1. The van der Waals surface area contributed by atoms with Gasteiger partial charge in [-0.15, -0.1) is 0 Å². The van der Waals surface area contributed by atoms with Gasteiger partial charge in [-0.05, 0) is 42.9 Å². The fourth-order valence-electron chi connectivity index (χ4n) is 2.62. The quantitative estimate of drug-likeness (QED) is 0.888. The first-order valence-electron chi connectivity index (χ1n) is 6.79. The van der Waals surface area contributed by atoms with E-state index in [9.17, 15) is 0 Å². The molecule has 1 aliphatic heterocycles. The molecule has 18 heavy (non-hydrogen) atoms. The van der Waals surface area contributed by atoms with Crippen molar-refractivity contribution in [1.29, 1.82) is 0 Å². The van der Waals surface area contributed by atoms with Gasteiger partial charge < -0.3 is 15.4 Å². The molecule has 1 heterocycles. The molecule has 0 radical (unpaired) electrons. The number of anilines is 1. The van der Waals surface area contributed by atoms with E-state index in [0.717, 1.165) is 25.7 Å². The predicted octanol–water partition coefficient (Wildman–Crippen LogP) is 2.32. The first kappa shape index (κ1) is 13.4. The summed E-state index contributed by atoms with van der Waals surface area (Å²) in [4.78, 5) is 2.35. The molecule has 3 nitrogen and oxygen atoms in total. The second kappa shape index (κ2) is 6.21. The summed E-state index contributed by atoms with van der Waals surface area (Å²) >= 11 is 0.